The fourth-order valence-corrected chi connectivity index (χ4v) is 2.73. The lowest BCUT2D eigenvalue weighted by atomic mass is 9.79. The van der Waals surface area contributed by atoms with Gasteiger partial charge in [0.15, 0.2) is 0 Å². The number of rotatable bonds is 4. The van der Waals surface area contributed by atoms with Crippen molar-refractivity contribution in [3.63, 3.8) is 0 Å². The van der Waals surface area contributed by atoms with Gasteiger partial charge in [0.1, 0.15) is 0 Å². The maximum Gasteiger partial charge on any atom is 0.0821 e. The molecule has 100 valence electrons. The van der Waals surface area contributed by atoms with Gasteiger partial charge in [-0.15, -0.1) is 0 Å². The minimum atomic E-state index is -0.562. The molecule has 1 aliphatic carbocycles. The van der Waals surface area contributed by atoms with Crippen LogP contribution in [0.2, 0.25) is 0 Å². The average Bonchev–Trinajstić information content (AvgIpc) is 2.37. The third kappa shape index (κ3) is 3.35. The van der Waals surface area contributed by atoms with Crippen LogP contribution in [0.5, 0.6) is 0 Å². The largest absolute Gasteiger partial charge is 0.388 e. The van der Waals surface area contributed by atoms with Gasteiger partial charge < -0.3 is 15.7 Å². The molecule has 3 N–H and O–H groups in total. The molecule has 0 aromatic carbocycles. The van der Waals surface area contributed by atoms with E-state index in [2.05, 4.69) is 22.5 Å². The van der Waals surface area contributed by atoms with Crippen molar-refractivity contribution in [2.75, 3.05) is 24.2 Å². The molecule has 2 atom stereocenters. The Morgan fingerprint density at radius 2 is 2.22 bits per heavy atom. The van der Waals surface area contributed by atoms with E-state index >= 15 is 0 Å². The van der Waals surface area contributed by atoms with Gasteiger partial charge in [-0.3, -0.25) is 4.98 Å². The van der Waals surface area contributed by atoms with Crippen LogP contribution in [-0.4, -0.2) is 29.3 Å². The molecule has 2 unspecified atom stereocenters. The standard InChI is InChI=1S/C14H23N3O/c1-11-4-3-5-14(18,7-11)10-17-13-6-12(15-2)8-16-9-13/h6,8-9,11,15,17-18H,3-5,7,10H2,1-2H3. The molecule has 18 heavy (non-hydrogen) atoms. The predicted octanol–water partition coefficient (Wildman–Crippen LogP) is 2.48. The van der Waals surface area contributed by atoms with E-state index in [1.807, 2.05) is 13.1 Å². The fourth-order valence-electron chi connectivity index (χ4n) is 2.73. The summed E-state index contributed by atoms with van der Waals surface area (Å²) in [4.78, 5) is 4.15. The highest BCUT2D eigenvalue weighted by Crippen LogP contribution is 2.32. The third-order valence-corrected chi connectivity index (χ3v) is 3.72. The molecule has 0 bridgehead atoms. The highest BCUT2D eigenvalue weighted by Gasteiger charge is 2.32. The van der Waals surface area contributed by atoms with Gasteiger partial charge in [-0.25, -0.2) is 0 Å². The second-order valence-electron chi connectivity index (χ2n) is 5.49. The topological polar surface area (TPSA) is 57.2 Å². The number of pyridine rings is 1. The highest BCUT2D eigenvalue weighted by molar-refractivity contribution is 5.53. The number of hydrogen-bond acceptors (Lipinski definition) is 4. The molecule has 1 aromatic heterocycles. The van der Waals surface area contributed by atoms with E-state index in [-0.39, 0.29) is 0 Å². The smallest absolute Gasteiger partial charge is 0.0821 e. The van der Waals surface area contributed by atoms with Crippen molar-refractivity contribution in [1.29, 1.82) is 0 Å². The van der Waals surface area contributed by atoms with E-state index in [4.69, 9.17) is 0 Å². The van der Waals surface area contributed by atoms with Crippen LogP contribution in [0.1, 0.15) is 32.6 Å². The molecule has 0 saturated heterocycles. The molecule has 1 saturated carbocycles. The first-order valence-electron chi connectivity index (χ1n) is 6.70. The molecule has 1 aromatic rings. The summed E-state index contributed by atoms with van der Waals surface area (Å²) >= 11 is 0. The van der Waals surface area contributed by atoms with E-state index in [1.165, 1.54) is 6.42 Å². The van der Waals surface area contributed by atoms with E-state index < -0.39 is 5.60 Å². The lowest BCUT2D eigenvalue weighted by Crippen LogP contribution is -2.41. The first-order valence-corrected chi connectivity index (χ1v) is 6.70. The molecule has 1 aliphatic rings. The molecular formula is C14H23N3O. The van der Waals surface area contributed by atoms with Crippen molar-refractivity contribution < 1.29 is 5.11 Å². The number of hydrogen-bond donors (Lipinski definition) is 3. The lowest BCUT2D eigenvalue weighted by Gasteiger charge is -2.35. The second kappa shape index (κ2) is 5.57. The Morgan fingerprint density at radius 1 is 1.44 bits per heavy atom. The first kappa shape index (κ1) is 13.1. The average molecular weight is 249 g/mol. The normalized spacial score (nSPS) is 27.8. The van der Waals surface area contributed by atoms with Crippen LogP contribution < -0.4 is 10.6 Å². The SMILES string of the molecule is CNc1cncc(NCC2(O)CCCC(C)C2)c1. The van der Waals surface area contributed by atoms with Crippen molar-refractivity contribution in [3.8, 4) is 0 Å². The zero-order valence-corrected chi connectivity index (χ0v) is 11.2. The van der Waals surface area contributed by atoms with Crippen molar-refractivity contribution in [3.05, 3.63) is 18.5 Å². The van der Waals surface area contributed by atoms with Gasteiger partial charge >= 0.3 is 0 Å². The summed E-state index contributed by atoms with van der Waals surface area (Å²) < 4.78 is 0. The van der Waals surface area contributed by atoms with Gasteiger partial charge in [-0.2, -0.15) is 0 Å². The molecular weight excluding hydrogens is 226 g/mol. The Kier molecular flexibility index (Phi) is 4.07. The second-order valence-corrected chi connectivity index (χ2v) is 5.49. The van der Waals surface area contributed by atoms with Gasteiger partial charge in [-0.1, -0.05) is 19.8 Å². The van der Waals surface area contributed by atoms with Gasteiger partial charge in [0, 0.05) is 13.6 Å². The van der Waals surface area contributed by atoms with Crippen LogP contribution in [0, 0.1) is 5.92 Å². The molecule has 0 spiro atoms. The van der Waals surface area contributed by atoms with Crippen molar-refractivity contribution in [1.82, 2.24) is 4.98 Å². The predicted molar refractivity (Wildman–Crippen MR) is 74.9 cm³/mol. The molecule has 1 fully saturated rings. The van der Waals surface area contributed by atoms with E-state index in [0.29, 0.717) is 12.5 Å². The first-order chi connectivity index (χ1) is 8.61. The molecule has 0 radical (unpaired) electrons. The van der Waals surface area contributed by atoms with Gasteiger partial charge in [-0.05, 0) is 24.8 Å². The van der Waals surface area contributed by atoms with Crippen LogP contribution >= 0.6 is 0 Å². The van der Waals surface area contributed by atoms with E-state index in [1.54, 1.807) is 12.4 Å². The van der Waals surface area contributed by atoms with Gasteiger partial charge in [0.05, 0.1) is 29.4 Å². The lowest BCUT2D eigenvalue weighted by molar-refractivity contribution is -0.000764. The van der Waals surface area contributed by atoms with Crippen LogP contribution in [-0.2, 0) is 0 Å². The number of nitrogens with zero attached hydrogens (tertiary/aromatic N) is 1. The van der Waals surface area contributed by atoms with Crippen LogP contribution in [0.4, 0.5) is 11.4 Å². The molecule has 0 amide bonds. The number of aliphatic hydroxyl groups is 1. The molecule has 2 rings (SSSR count). The Hall–Kier alpha value is -1.29. The van der Waals surface area contributed by atoms with Gasteiger partial charge in [0.2, 0.25) is 0 Å². The van der Waals surface area contributed by atoms with Crippen LogP contribution in [0.15, 0.2) is 18.5 Å². The number of aromatic nitrogens is 1. The summed E-state index contributed by atoms with van der Waals surface area (Å²) in [7, 11) is 1.87. The fraction of sp³-hybridized carbons (Fsp3) is 0.643. The maximum atomic E-state index is 10.5. The minimum absolute atomic E-state index is 0.562. The van der Waals surface area contributed by atoms with Crippen molar-refractivity contribution in [2.24, 2.45) is 5.92 Å². The third-order valence-electron chi connectivity index (χ3n) is 3.72. The molecule has 1 heterocycles. The van der Waals surface area contributed by atoms with Crippen molar-refractivity contribution in [2.45, 2.75) is 38.2 Å². The summed E-state index contributed by atoms with van der Waals surface area (Å²) in [6, 6.07) is 2.00. The number of anilines is 2. The maximum absolute atomic E-state index is 10.5. The monoisotopic (exact) mass is 249 g/mol. The molecule has 4 nitrogen and oxygen atoms in total. The zero-order chi connectivity index (χ0) is 13.0. The Bertz CT molecular complexity index is 396. The Morgan fingerprint density at radius 3 is 2.94 bits per heavy atom. The summed E-state index contributed by atoms with van der Waals surface area (Å²) in [5.41, 5.74) is 1.37. The van der Waals surface area contributed by atoms with Crippen molar-refractivity contribution >= 4 is 11.4 Å². The summed E-state index contributed by atoms with van der Waals surface area (Å²) in [6.07, 6.45) is 7.70. The summed E-state index contributed by atoms with van der Waals surface area (Å²) in [5.74, 6) is 0.618. The van der Waals surface area contributed by atoms with E-state index in [9.17, 15) is 5.11 Å². The zero-order valence-electron chi connectivity index (χ0n) is 11.2. The van der Waals surface area contributed by atoms with Crippen LogP contribution in [0.3, 0.4) is 0 Å². The van der Waals surface area contributed by atoms with E-state index in [0.717, 1.165) is 30.6 Å². The quantitative estimate of drug-likeness (QED) is 0.767. The molecule has 4 heteroatoms. The minimum Gasteiger partial charge on any atom is -0.388 e. The summed E-state index contributed by atoms with van der Waals surface area (Å²) in [5, 5.41) is 16.9. The Balaban J connectivity index is 1.93. The van der Waals surface area contributed by atoms with Crippen LogP contribution in [0.25, 0.3) is 0 Å². The molecule has 0 aliphatic heterocycles. The van der Waals surface area contributed by atoms with Gasteiger partial charge in [0.25, 0.3) is 0 Å². The summed E-state index contributed by atoms with van der Waals surface area (Å²) in [6.45, 7) is 2.82. The highest BCUT2D eigenvalue weighted by atomic mass is 16.3. The Labute approximate surface area is 109 Å². The number of nitrogens with one attached hydrogen (secondary N) is 2.